The Bertz CT molecular complexity index is 171. The molecule has 1 fully saturated rings. The zero-order valence-electron chi connectivity index (χ0n) is 4.65. The van der Waals surface area contributed by atoms with Gasteiger partial charge in [0.1, 0.15) is 0 Å². The second-order valence-electron chi connectivity index (χ2n) is 1.94. The lowest BCUT2D eigenvalue weighted by Gasteiger charge is -2.10. The lowest BCUT2D eigenvalue weighted by atomic mass is 10.3. The normalized spacial score (nSPS) is 31.4. The van der Waals surface area contributed by atoms with Crippen molar-refractivity contribution in [2.75, 3.05) is 6.54 Å². The number of nitrogens with zero attached hydrogens (tertiary/aromatic N) is 1. The number of rotatable bonds is 0. The SMILES string of the molecule is O=C1N(Cl)CC(Cl)C1(Cl)Cl. The van der Waals surface area contributed by atoms with Gasteiger partial charge in [0, 0.05) is 11.8 Å². The van der Waals surface area contributed by atoms with E-state index in [9.17, 15) is 4.79 Å². The average molecular weight is 223 g/mol. The summed E-state index contributed by atoms with van der Waals surface area (Å²) in [5, 5.41) is -0.638. The summed E-state index contributed by atoms with van der Waals surface area (Å²) in [6.45, 7) is 0.176. The van der Waals surface area contributed by atoms with Crippen molar-refractivity contribution in [2.24, 2.45) is 0 Å². The summed E-state index contributed by atoms with van der Waals surface area (Å²) in [5.41, 5.74) is 0. The zero-order chi connectivity index (χ0) is 7.94. The van der Waals surface area contributed by atoms with Crippen LogP contribution in [0.25, 0.3) is 0 Å². The molecular formula is C4H3Cl4NO. The first-order chi connectivity index (χ1) is 4.46. The van der Waals surface area contributed by atoms with Gasteiger partial charge in [-0.1, -0.05) is 23.2 Å². The summed E-state index contributed by atoms with van der Waals surface area (Å²) < 4.78 is -0.666. The number of hydrogen-bond acceptors (Lipinski definition) is 1. The molecule has 1 saturated heterocycles. The van der Waals surface area contributed by atoms with Crippen LogP contribution in [-0.4, -0.2) is 26.6 Å². The molecule has 1 heterocycles. The van der Waals surface area contributed by atoms with Crippen molar-refractivity contribution < 1.29 is 4.79 Å². The summed E-state index contributed by atoms with van der Waals surface area (Å²) in [4.78, 5) is 10.9. The molecule has 0 saturated carbocycles. The monoisotopic (exact) mass is 221 g/mol. The van der Waals surface area contributed by atoms with Crippen LogP contribution in [0, 0.1) is 0 Å². The van der Waals surface area contributed by atoms with Crippen molar-refractivity contribution in [3.8, 4) is 0 Å². The van der Waals surface area contributed by atoms with E-state index < -0.39 is 15.6 Å². The number of alkyl halides is 3. The van der Waals surface area contributed by atoms with Crippen LogP contribution in [0.4, 0.5) is 0 Å². The van der Waals surface area contributed by atoms with Crippen LogP contribution >= 0.6 is 46.6 Å². The van der Waals surface area contributed by atoms with Crippen LogP contribution in [0.5, 0.6) is 0 Å². The molecule has 1 aliphatic heterocycles. The van der Waals surface area contributed by atoms with Gasteiger partial charge < -0.3 is 0 Å². The number of amides is 1. The third kappa shape index (κ3) is 1.18. The highest BCUT2D eigenvalue weighted by Gasteiger charge is 2.51. The molecule has 1 amide bonds. The molecule has 6 heteroatoms. The van der Waals surface area contributed by atoms with E-state index in [0.717, 1.165) is 4.42 Å². The lowest BCUT2D eigenvalue weighted by molar-refractivity contribution is -0.124. The van der Waals surface area contributed by atoms with E-state index in [4.69, 9.17) is 46.6 Å². The fourth-order valence-corrected chi connectivity index (χ4v) is 1.64. The maximum Gasteiger partial charge on any atom is 0.275 e. The summed E-state index contributed by atoms with van der Waals surface area (Å²) in [6, 6.07) is 0. The number of carbonyl (C=O) groups excluding carboxylic acids is 1. The summed E-state index contributed by atoms with van der Waals surface area (Å²) in [6.07, 6.45) is 0. The van der Waals surface area contributed by atoms with Crippen molar-refractivity contribution in [3.05, 3.63) is 0 Å². The topological polar surface area (TPSA) is 20.3 Å². The molecule has 0 aromatic carbocycles. The third-order valence-corrected chi connectivity index (χ3v) is 3.05. The van der Waals surface area contributed by atoms with Crippen molar-refractivity contribution in [2.45, 2.75) is 9.71 Å². The van der Waals surface area contributed by atoms with Gasteiger partial charge in [-0.25, -0.2) is 0 Å². The quantitative estimate of drug-likeness (QED) is 0.452. The van der Waals surface area contributed by atoms with Crippen LogP contribution in [0.3, 0.4) is 0 Å². The van der Waals surface area contributed by atoms with Gasteiger partial charge in [0.15, 0.2) is 0 Å². The molecule has 1 aliphatic rings. The number of hydrogen-bond donors (Lipinski definition) is 0. The molecule has 0 N–H and O–H groups in total. The lowest BCUT2D eigenvalue weighted by Crippen LogP contribution is -2.30. The molecular weight excluding hydrogens is 220 g/mol. The Labute approximate surface area is 78.1 Å². The summed E-state index contributed by atoms with van der Waals surface area (Å²) in [5.74, 6) is -0.558. The predicted molar refractivity (Wildman–Crippen MR) is 41.6 cm³/mol. The van der Waals surface area contributed by atoms with Gasteiger partial charge in [0.25, 0.3) is 5.91 Å². The minimum Gasteiger partial charge on any atom is -0.270 e. The molecule has 0 spiro atoms. The molecule has 10 heavy (non-hydrogen) atoms. The standard InChI is InChI=1S/C4H3Cl4NO/c5-2-1-9(8)3(10)4(2,6)7/h2H,1H2. The van der Waals surface area contributed by atoms with E-state index in [-0.39, 0.29) is 6.54 Å². The second kappa shape index (κ2) is 2.59. The van der Waals surface area contributed by atoms with Crippen molar-refractivity contribution in [3.63, 3.8) is 0 Å². The van der Waals surface area contributed by atoms with E-state index in [2.05, 4.69) is 0 Å². The number of halogens is 4. The summed E-state index contributed by atoms with van der Waals surface area (Å²) in [7, 11) is 0. The van der Waals surface area contributed by atoms with Gasteiger partial charge in [-0.2, -0.15) is 0 Å². The molecule has 58 valence electrons. The maximum absolute atomic E-state index is 10.9. The van der Waals surface area contributed by atoms with E-state index in [1.807, 2.05) is 0 Å². The molecule has 0 aromatic rings. The smallest absolute Gasteiger partial charge is 0.270 e. The highest BCUT2D eigenvalue weighted by molar-refractivity contribution is 6.63. The van der Waals surface area contributed by atoms with Crippen LogP contribution < -0.4 is 0 Å². The van der Waals surface area contributed by atoms with Gasteiger partial charge in [-0.3, -0.25) is 9.21 Å². The maximum atomic E-state index is 10.9. The van der Waals surface area contributed by atoms with Gasteiger partial charge in [0.2, 0.25) is 4.33 Å². The average Bonchev–Trinajstić information content (AvgIpc) is 1.97. The molecule has 1 atom stereocenters. The molecule has 0 aromatic heterocycles. The van der Waals surface area contributed by atoms with Crippen LogP contribution in [0.1, 0.15) is 0 Å². The predicted octanol–water partition coefficient (Wildman–Crippen LogP) is 1.76. The Kier molecular flexibility index (Phi) is 2.26. The Hall–Kier alpha value is 0.630. The van der Waals surface area contributed by atoms with Gasteiger partial charge in [0.05, 0.1) is 11.9 Å². The van der Waals surface area contributed by atoms with Crippen molar-refractivity contribution >= 4 is 52.5 Å². The van der Waals surface area contributed by atoms with E-state index >= 15 is 0 Å². The molecule has 0 radical (unpaired) electrons. The minimum absolute atomic E-state index is 0.176. The van der Waals surface area contributed by atoms with Gasteiger partial charge in [-0.15, -0.1) is 11.6 Å². The molecule has 0 bridgehead atoms. The fourth-order valence-electron chi connectivity index (χ4n) is 0.634. The Morgan fingerprint density at radius 2 is 2.10 bits per heavy atom. The van der Waals surface area contributed by atoms with Gasteiger partial charge >= 0.3 is 0 Å². The highest BCUT2D eigenvalue weighted by Crippen LogP contribution is 2.38. The van der Waals surface area contributed by atoms with Crippen molar-refractivity contribution in [1.29, 1.82) is 0 Å². The van der Waals surface area contributed by atoms with Crippen LogP contribution in [0.2, 0.25) is 0 Å². The Morgan fingerprint density at radius 3 is 2.20 bits per heavy atom. The fraction of sp³-hybridized carbons (Fsp3) is 0.750. The minimum atomic E-state index is -1.55. The van der Waals surface area contributed by atoms with Crippen LogP contribution in [0.15, 0.2) is 0 Å². The first-order valence-electron chi connectivity index (χ1n) is 2.46. The van der Waals surface area contributed by atoms with Crippen molar-refractivity contribution in [1.82, 2.24) is 4.42 Å². The number of carbonyl (C=O) groups is 1. The first kappa shape index (κ1) is 8.72. The molecule has 0 aliphatic carbocycles. The summed E-state index contributed by atoms with van der Waals surface area (Å²) >= 11 is 22.0. The highest BCUT2D eigenvalue weighted by atomic mass is 35.5. The van der Waals surface area contributed by atoms with Gasteiger partial charge in [-0.05, 0) is 0 Å². The second-order valence-corrected chi connectivity index (χ2v) is 4.26. The van der Waals surface area contributed by atoms with E-state index in [1.165, 1.54) is 0 Å². The molecule has 1 rings (SSSR count). The Balaban J connectivity index is 2.85. The van der Waals surface area contributed by atoms with Crippen LogP contribution in [-0.2, 0) is 4.79 Å². The van der Waals surface area contributed by atoms with E-state index in [1.54, 1.807) is 0 Å². The molecule has 1 unspecified atom stereocenters. The zero-order valence-corrected chi connectivity index (χ0v) is 7.68. The third-order valence-electron chi connectivity index (χ3n) is 1.22. The first-order valence-corrected chi connectivity index (χ1v) is 3.99. The molecule has 2 nitrogen and oxygen atoms in total. The largest absolute Gasteiger partial charge is 0.275 e. The Morgan fingerprint density at radius 1 is 1.60 bits per heavy atom. The van der Waals surface area contributed by atoms with E-state index in [0.29, 0.717) is 0 Å².